The van der Waals surface area contributed by atoms with Gasteiger partial charge in [0.1, 0.15) is 8.07 Å². The molecule has 0 unspecified atom stereocenters. The van der Waals surface area contributed by atoms with Gasteiger partial charge in [-0.3, -0.25) is 0 Å². The third-order valence-corrected chi connectivity index (χ3v) is 4.86. The van der Waals surface area contributed by atoms with E-state index in [0.717, 1.165) is 0 Å². The molecule has 0 aliphatic carbocycles. The average Bonchev–Trinajstić information content (AvgIpc) is 1.99. The number of unbranched alkanes of at least 4 members (excludes halogenated alkanes) is 2. The zero-order chi connectivity index (χ0) is 12.1. The van der Waals surface area contributed by atoms with Gasteiger partial charge in [-0.15, -0.1) is 0 Å². The molecule has 0 atom stereocenters. The molecular weight excluding hydrogens is 216 g/mol. The monoisotopic (exact) mass is 244 g/mol. The van der Waals surface area contributed by atoms with Crippen molar-refractivity contribution in [2.45, 2.75) is 65.5 Å². The lowest BCUT2D eigenvalue weighted by atomic mass is 10.2. The van der Waals surface area contributed by atoms with Gasteiger partial charge in [0.25, 0.3) is 0 Å². The van der Waals surface area contributed by atoms with Gasteiger partial charge in [-0.05, 0) is 32.5 Å². The van der Waals surface area contributed by atoms with Crippen LogP contribution in [0.3, 0.4) is 0 Å². The lowest BCUT2D eigenvalue weighted by Crippen LogP contribution is -2.34. The van der Waals surface area contributed by atoms with Crippen LogP contribution >= 0.6 is 0 Å². The van der Waals surface area contributed by atoms with Crippen molar-refractivity contribution in [2.24, 2.45) is 0 Å². The topological polar surface area (TPSA) is 9.23 Å². The molecule has 0 aromatic rings. The maximum absolute atomic E-state index is 6.21. The summed E-state index contributed by atoms with van der Waals surface area (Å²) in [5, 5.41) is 1.33. The van der Waals surface area contributed by atoms with Gasteiger partial charge in [0.05, 0.1) is 5.38 Å². The minimum atomic E-state index is -1.42. The smallest absolute Gasteiger partial charge is 0.241 e. The first-order chi connectivity index (χ1) is 6.67. The summed E-state index contributed by atoms with van der Waals surface area (Å²) in [5.74, 6) is 0. The lowest BCUT2D eigenvalue weighted by Gasteiger charge is -2.29. The molecular formula is C12H28OSi2. The normalized spacial score (nSPS) is 14.2. The van der Waals surface area contributed by atoms with Crippen molar-refractivity contribution < 1.29 is 4.43 Å². The second-order valence-corrected chi connectivity index (χ2v) is 15.6. The van der Waals surface area contributed by atoms with Gasteiger partial charge >= 0.3 is 0 Å². The standard InChI is InChI=1S/C12H28OSi2/c1-8-9-10-11-12(14(2,3)4)13-15(5,6)7/h11H,8-10H2,1-7H3. The quantitative estimate of drug-likeness (QED) is 0.371. The summed E-state index contributed by atoms with van der Waals surface area (Å²) in [4.78, 5) is 0. The molecule has 0 radical (unpaired) electrons. The summed E-state index contributed by atoms with van der Waals surface area (Å²) in [6, 6.07) is 0. The molecule has 0 aromatic carbocycles. The Morgan fingerprint density at radius 2 is 1.60 bits per heavy atom. The van der Waals surface area contributed by atoms with Crippen molar-refractivity contribution >= 4 is 16.4 Å². The Bertz CT molecular complexity index is 209. The first kappa shape index (κ1) is 15.0. The largest absolute Gasteiger partial charge is 0.552 e. The highest BCUT2D eigenvalue weighted by molar-refractivity contribution is 6.84. The highest BCUT2D eigenvalue weighted by Gasteiger charge is 2.26. The van der Waals surface area contributed by atoms with Crippen LogP contribution in [0.4, 0.5) is 0 Å². The second kappa shape index (κ2) is 5.90. The van der Waals surface area contributed by atoms with E-state index in [-0.39, 0.29) is 0 Å². The van der Waals surface area contributed by atoms with Crippen LogP contribution in [-0.4, -0.2) is 16.4 Å². The van der Waals surface area contributed by atoms with E-state index in [4.69, 9.17) is 4.43 Å². The van der Waals surface area contributed by atoms with Crippen LogP contribution in [0.2, 0.25) is 39.3 Å². The van der Waals surface area contributed by atoms with Gasteiger partial charge in [0.15, 0.2) is 0 Å². The van der Waals surface area contributed by atoms with E-state index in [0.29, 0.717) is 0 Å². The lowest BCUT2D eigenvalue weighted by molar-refractivity contribution is 0.449. The molecule has 0 aliphatic rings. The van der Waals surface area contributed by atoms with Gasteiger partial charge in [0.2, 0.25) is 8.32 Å². The SMILES string of the molecule is CCCCC=C(O[Si](C)(C)C)[Si](C)(C)C. The molecule has 1 nitrogen and oxygen atoms in total. The molecule has 0 saturated carbocycles. The van der Waals surface area contributed by atoms with Crippen LogP contribution in [0.5, 0.6) is 0 Å². The summed E-state index contributed by atoms with van der Waals surface area (Å²) in [5.41, 5.74) is 0. The second-order valence-electron chi connectivity index (χ2n) is 6.18. The van der Waals surface area contributed by atoms with Gasteiger partial charge in [-0.25, -0.2) is 0 Å². The molecule has 90 valence electrons. The molecule has 0 N–H and O–H groups in total. The molecule has 0 spiro atoms. The summed E-state index contributed by atoms with van der Waals surface area (Å²) >= 11 is 0. The fourth-order valence-corrected chi connectivity index (χ4v) is 4.91. The van der Waals surface area contributed by atoms with Crippen molar-refractivity contribution in [1.82, 2.24) is 0 Å². The summed E-state index contributed by atoms with van der Waals surface area (Å²) < 4.78 is 6.21. The first-order valence-electron chi connectivity index (χ1n) is 6.06. The van der Waals surface area contributed by atoms with Crippen LogP contribution in [0.25, 0.3) is 0 Å². The molecule has 0 bridgehead atoms. The van der Waals surface area contributed by atoms with Crippen molar-refractivity contribution in [2.75, 3.05) is 0 Å². The van der Waals surface area contributed by atoms with Gasteiger partial charge in [-0.2, -0.15) is 0 Å². The molecule has 0 rings (SSSR count). The zero-order valence-electron chi connectivity index (χ0n) is 11.6. The number of rotatable bonds is 6. The number of hydrogen-bond acceptors (Lipinski definition) is 1. The molecule has 0 aromatic heterocycles. The third kappa shape index (κ3) is 7.85. The predicted molar refractivity (Wildman–Crippen MR) is 75.4 cm³/mol. The molecule has 0 saturated heterocycles. The summed E-state index contributed by atoms with van der Waals surface area (Å²) in [7, 11) is -2.70. The summed E-state index contributed by atoms with van der Waals surface area (Å²) in [6.45, 7) is 16.1. The molecule has 0 fully saturated rings. The van der Waals surface area contributed by atoms with E-state index in [1.165, 1.54) is 24.6 Å². The fraction of sp³-hybridized carbons (Fsp3) is 0.833. The molecule has 0 amide bonds. The fourth-order valence-electron chi connectivity index (χ4n) is 1.27. The van der Waals surface area contributed by atoms with Gasteiger partial charge in [0, 0.05) is 0 Å². The number of allylic oxidation sites excluding steroid dienone is 1. The molecule has 3 heteroatoms. The van der Waals surface area contributed by atoms with Crippen molar-refractivity contribution in [3.8, 4) is 0 Å². The Morgan fingerprint density at radius 3 is 1.93 bits per heavy atom. The highest BCUT2D eigenvalue weighted by atomic mass is 28.4. The van der Waals surface area contributed by atoms with Crippen LogP contribution in [0.15, 0.2) is 11.5 Å². The van der Waals surface area contributed by atoms with Gasteiger partial charge < -0.3 is 4.43 Å². The van der Waals surface area contributed by atoms with Crippen LogP contribution in [0, 0.1) is 0 Å². The Hall–Kier alpha value is -0.0262. The van der Waals surface area contributed by atoms with E-state index < -0.39 is 16.4 Å². The predicted octanol–water partition coefficient (Wildman–Crippen LogP) is 4.79. The van der Waals surface area contributed by atoms with Crippen LogP contribution in [-0.2, 0) is 4.43 Å². The van der Waals surface area contributed by atoms with Crippen molar-refractivity contribution in [3.05, 3.63) is 11.5 Å². The van der Waals surface area contributed by atoms with Crippen LogP contribution in [0.1, 0.15) is 26.2 Å². The molecule has 15 heavy (non-hydrogen) atoms. The Kier molecular flexibility index (Phi) is 5.89. The minimum absolute atomic E-state index is 1.18. The maximum Gasteiger partial charge on any atom is 0.241 e. The Balaban J connectivity index is 4.53. The van der Waals surface area contributed by atoms with Crippen molar-refractivity contribution in [3.63, 3.8) is 0 Å². The zero-order valence-corrected chi connectivity index (χ0v) is 13.6. The van der Waals surface area contributed by atoms with E-state index in [1.54, 1.807) is 0 Å². The maximum atomic E-state index is 6.21. The number of hydrogen-bond donors (Lipinski definition) is 0. The average molecular weight is 245 g/mol. The van der Waals surface area contributed by atoms with Crippen molar-refractivity contribution in [1.29, 1.82) is 0 Å². The Morgan fingerprint density at radius 1 is 1.07 bits per heavy atom. The van der Waals surface area contributed by atoms with E-state index in [1.807, 2.05) is 0 Å². The third-order valence-electron chi connectivity index (χ3n) is 2.04. The molecule has 0 aliphatic heterocycles. The molecule has 0 heterocycles. The minimum Gasteiger partial charge on any atom is -0.552 e. The Labute approximate surface area is 98.1 Å². The highest BCUT2D eigenvalue weighted by Crippen LogP contribution is 2.21. The van der Waals surface area contributed by atoms with Crippen LogP contribution < -0.4 is 0 Å². The van der Waals surface area contributed by atoms with E-state index in [2.05, 4.69) is 52.3 Å². The van der Waals surface area contributed by atoms with E-state index >= 15 is 0 Å². The summed E-state index contributed by atoms with van der Waals surface area (Å²) in [6.07, 6.45) is 6.08. The van der Waals surface area contributed by atoms with Gasteiger partial charge in [-0.1, -0.05) is 39.1 Å². The first-order valence-corrected chi connectivity index (χ1v) is 13.0. The van der Waals surface area contributed by atoms with E-state index in [9.17, 15) is 0 Å².